The molecule has 3 aromatic rings. The molecule has 4 rings (SSSR count). The molecule has 1 saturated heterocycles. The van der Waals surface area contributed by atoms with Gasteiger partial charge in [0.05, 0.1) is 11.9 Å². The molecular formula is C18H18ClN5OS. The van der Waals surface area contributed by atoms with Gasteiger partial charge in [-0.1, -0.05) is 17.7 Å². The number of rotatable bonds is 4. The normalized spacial score (nSPS) is 17.3. The predicted molar refractivity (Wildman–Crippen MR) is 107 cm³/mol. The van der Waals surface area contributed by atoms with Crippen molar-refractivity contribution in [2.24, 2.45) is 5.73 Å². The number of nitrogens with one attached hydrogen (secondary N) is 2. The largest absolute Gasteiger partial charge is 0.365 e. The number of hydrogen-bond acceptors (Lipinski definition) is 5. The van der Waals surface area contributed by atoms with E-state index < -0.39 is 5.91 Å². The lowest BCUT2D eigenvalue weighted by Crippen LogP contribution is -2.26. The van der Waals surface area contributed by atoms with Crippen molar-refractivity contribution in [2.45, 2.75) is 18.9 Å². The number of thioether (sulfide) groups is 1. The first kappa shape index (κ1) is 17.2. The first-order valence-corrected chi connectivity index (χ1v) is 9.94. The Bertz CT molecular complexity index is 967. The van der Waals surface area contributed by atoms with Gasteiger partial charge < -0.3 is 16.0 Å². The van der Waals surface area contributed by atoms with Crippen molar-refractivity contribution >= 4 is 46.0 Å². The number of nitrogens with zero attached hydrogens (tertiary/aromatic N) is 2. The molecule has 1 aliphatic heterocycles. The molecular weight excluding hydrogens is 370 g/mol. The maximum atomic E-state index is 11.8. The van der Waals surface area contributed by atoms with Gasteiger partial charge in [0.1, 0.15) is 11.5 Å². The molecule has 8 heteroatoms. The van der Waals surface area contributed by atoms with Gasteiger partial charge in [-0.2, -0.15) is 11.8 Å². The fourth-order valence-corrected chi connectivity index (χ4v) is 4.44. The van der Waals surface area contributed by atoms with Crippen LogP contribution in [0.4, 0.5) is 5.82 Å². The van der Waals surface area contributed by atoms with Gasteiger partial charge in [0.25, 0.3) is 5.91 Å². The zero-order valence-electron chi connectivity index (χ0n) is 14.0. The zero-order chi connectivity index (χ0) is 18.1. The third-order valence-corrected chi connectivity index (χ3v) is 5.93. The van der Waals surface area contributed by atoms with Gasteiger partial charge >= 0.3 is 0 Å². The lowest BCUT2D eigenvalue weighted by Gasteiger charge is -2.23. The van der Waals surface area contributed by atoms with Crippen molar-refractivity contribution in [1.29, 1.82) is 0 Å². The second-order valence-electron chi connectivity index (χ2n) is 6.26. The SMILES string of the molecule is NC(=O)c1ncc(N[C@H]2CCCSC2)nc1-c1cc2c(Cl)cccc2[nH]1. The van der Waals surface area contributed by atoms with Crippen LogP contribution < -0.4 is 11.1 Å². The number of fused-ring (bicyclic) bond motifs is 1. The van der Waals surface area contributed by atoms with E-state index in [0.29, 0.717) is 28.3 Å². The summed E-state index contributed by atoms with van der Waals surface area (Å²) in [4.78, 5) is 24.0. The highest BCUT2D eigenvalue weighted by atomic mass is 35.5. The van der Waals surface area contributed by atoms with Crippen LogP contribution in [0.1, 0.15) is 23.3 Å². The number of amides is 1. The van der Waals surface area contributed by atoms with Crippen molar-refractivity contribution in [3.8, 4) is 11.4 Å². The van der Waals surface area contributed by atoms with E-state index in [4.69, 9.17) is 17.3 Å². The predicted octanol–water partition coefficient (Wildman–Crippen LogP) is 3.68. The first-order valence-electron chi connectivity index (χ1n) is 8.40. The topological polar surface area (TPSA) is 96.7 Å². The quantitative estimate of drug-likeness (QED) is 0.634. The van der Waals surface area contributed by atoms with Gasteiger partial charge in [-0.15, -0.1) is 0 Å². The van der Waals surface area contributed by atoms with Gasteiger partial charge in [0, 0.05) is 27.7 Å². The molecule has 1 aliphatic rings. The third kappa shape index (κ3) is 3.37. The van der Waals surface area contributed by atoms with Gasteiger partial charge in [0.2, 0.25) is 0 Å². The number of carbonyl (C=O) groups excluding carboxylic acids is 1. The molecule has 3 heterocycles. The van der Waals surface area contributed by atoms with Crippen molar-refractivity contribution in [1.82, 2.24) is 15.0 Å². The van der Waals surface area contributed by atoms with E-state index in [2.05, 4.69) is 20.3 Å². The Morgan fingerprint density at radius 2 is 2.31 bits per heavy atom. The summed E-state index contributed by atoms with van der Waals surface area (Å²) in [5.74, 6) is 2.27. The number of carbonyl (C=O) groups is 1. The number of hydrogen-bond donors (Lipinski definition) is 3. The lowest BCUT2D eigenvalue weighted by molar-refractivity contribution is 0.0996. The molecule has 1 aromatic carbocycles. The van der Waals surface area contributed by atoms with Crippen molar-refractivity contribution in [3.63, 3.8) is 0 Å². The summed E-state index contributed by atoms with van der Waals surface area (Å²) in [7, 11) is 0. The van der Waals surface area contributed by atoms with E-state index >= 15 is 0 Å². The molecule has 0 saturated carbocycles. The molecule has 1 amide bonds. The summed E-state index contributed by atoms with van der Waals surface area (Å²) in [6.45, 7) is 0. The van der Waals surface area contributed by atoms with Crippen LogP contribution in [0.2, 0.25) is 5.02 Å². The number of H-pyrrole nitrogens is 1. The summed E-state index contributed by atoms with van der Waals surface area (Å²) >= 11 is 8.19. The van der Waals surface area contributed by atoms with E-state index in [9.17, 15) is 4.79 Å². The van der Waals surface area contributed by atoms with E-state index in [-0.39, 0.29) is 5.69 Å². The highest BCUT2D eigenvalue weighted by molar-refractivity contribution is 7.99. The molecule has 0 spiro atoms. The molecule has 0 bridgehead atoms. The van der Waals surface area contributed by atoms with Crippen molar-refractivity contribution < 1.29 is 4.79 Å². The molecule has 4 N–H and O–H groups in total. The lowest BCUT2D eigenvalue weighted by atomic mass is 10.2. The minimum Gasteiger partial charge on any atom is -0.365 e. The molecule has 1 atom stereocenters. The molecule has 134 valence electrons. The van der Waals surface area contributed by atoms with Crippen LogP contribution in [0.3, 0.4) is 0 Å². The fourth-order valence-electron chi connectivity index (χ4n) is 3.14. The second-order valence-corrected chi connectivity index (χ2v) is 7.82. The van der Waals surface area contributed by atoms with Crippen LogP contribution in [0.25, 0.3) is 22.3 Å². The Hall–Kier alpha value is -2.25. The maximum Gasteiger partial charge on any atom is 0.269 e. The number of benzene rings is 1. The Labute approximate surface area is 159 Å². The molecule has 6 nitrogen and oxygen atoms in total. The van der Waals surface area contributed by atoms with Crippen LogP contribution in [0.5, 0.6) is 0 Å². The average molecular weight is 388 g/mol. The smallest absolute Gasteiger partial charge is 0.269 e. The molecule has 0 aliphatic carbocycles. The summed E-state index contributed by atoms with van der Waals surface area (Å²) in [6, 6.07) is 7.83. The Kier molecular flexibility index (Phi) is 4.74. The minimum atomic E-state index is -0.614. The summed E-state index contributed by atoms with van der Waals surface area (Å²) in [6.07, 6.45) is 3.85. The fraction of sp³-hybridized carbons (Fsp3) is 0.278. The highest BCUT2D eigenvalue weighted by Gasteiger charge is 2.19. The Morgan fingerprint density at radius 3 is 3.04 bits per heavy atom. The van der Waals surface area contributed by atoms with Crippen LogP contribution in [0.15, 0.2) is 30.5 Å². The number of halogens is 1. The van der Waals surface area contributed by atoms with Crippen molar-refractivity contribution in [3.05, 3.63) is 41.2 Å². The minimum absolute atomic E-state index is 0.135. The number of primary amides is 1. The number of aromatic nitrogens is 3. The highest BCUT2D eigenvalue weighted by Crippen LogP contribution is 2.30. The Balaban J connectivity index is 1.75. The van der Waals surface area contributed by atoms with Crippen LogP contribution >= 0.6 is 23.4 Å². The molecule has 0 radical (unpaired) electrons. The summed E-state index contributed by atoms with van der Waals surface area (Å²) in [5.41, 5.74) is 7.60. The van der Waals surface area contributed by atoms with Crippen molar-refractivity contribution in [2.75, 3.05) is 16.8 Å². The molecule has 1 fully saturated rings. The van der Waals surface area contributed by atoms with Crippen LogP contribution in [-0.2, 0) is 0 Å². The number of aromatic amines is 1. The van der Waals surface area contributed by atoms with Gasteiger partial charge in [-0.25, -0.2) is 9.97 Å². The molecule has 2 aromatic heterocycles. The van der Waals surface area contributed by atoms with Gasteiger partial charge in [-0.05, 0) is 36.8 Å². The van der Waals surface area contributed by atoms with E-state index in [1.165, 1.54) is 12.2 Å². The first-order chi connectivity index (χ1) is 12.6. The second kappa shape index (κ2) is 7.17. The van der Waals surface area contributed by atoms with Gasteiger partial charge in [-0.3, -0.25) is 4.79 Å². The third-order valence-electron chi connectivity index (χ3n) is 4.38. The standard InChI is InChI=1S/C18H18ClN5OS/c19-12-4-1-5-13-11(12)7-14(23-13)16-17(18(20)25)21-8-15(24-16)22-10-3-2-6-26-9-10/h1,4-5,7-8,10,23H,2-3,6,9H2,(H2,20,25)(H,22,24)/t10-/m0/s1. The van der Waals surface area contributed by atoms with Crippen LogP contribution in [0, 0.1) is 0 Å². The number of anilines is 1. The summed E-state index contributed by atoms with van der Waals surface area (Å²) in [5, 5.41) is 4.91. The number of nitrogens with two attached hydrogens (primary N) is 1. The van der Waals surface area contributed by atoms with E-state index in [1.807, 2.05) is 36.0 Å². The monoisotopic (exact) mass is 387 g/mol. The molecule has 26 heavy (non-hydrogen) atoms. The zero-order valence-corrected chi connectivity index (χ0v) is 15.5. The van der Waals surface area contributed by atoms with E-state index in [1.54, 1.807) is 6.20 Å². The Morgan fingerprint density at radius 1 is 1.42 bits per heavy atom. The average Bonchev–Trinajstić information content (AvgIpc) is 3.08. The van der Waals surface area contributed by atoms with Crippen LogP contribution in [-0.4, -0.2) is 38.4 Å². The molecule has 0 unspecified atom stereocenters. The van der Waals surface area contributed by atoms with E-state index in [0.717, 1.165) is 23.1 Å². The van der Waals surface area contributed by atoms with Gasteiger partial charge in [0.15, 0.2) is 5.69 Å². The summed E-state index contributed by atoms with van der Waals surface area (Å²) < 4.78 is 0. The maximum absolute atomic E-state index is 11.8.